The maximum Gasteiger partial charge on any atom is 0.0605 e. The first-order chi connectivity index (χ1) is 4.72. The molecule has 0 radical (unpaired) electrons. The normalized spacial score (nSPS) is 33.8. The number of rotatable bonds is 1. The summed E-state index contributed by atoms with van der Waals surface area (Å²) in [5.74, 6) is 0.383. The van der Waals surface area contributed by atoms with E-state index in [1.165, 1.54) is 12.8 Å². The minimum Gasteiger partial charge on any atom is -0.393 e. The van der Waals surface area contributed by atoms with E-state index in [1.54, 1.807) is 0 Å². The Labute approximate surface area is 62.8 Å². The topological polar surface area (TPSA) is 20.2 Å². The molecule has 0 aromatic carbocycles. The molecule has 0 heterocycles. The number of aliphatic hydroxyl groups excluding tert-OH is 1. The van der Waals surface area contributed by atoms with Gasteiger partial charge in [0.25, 0.3) is 0 Å². The van der Waals surface area contributed by atoms with Crippen LogP contribution in [-0.2, 0) is 0 Å². The molecule has 58 valence electrons. The molecule has 0 aromatic rings. The summed E-state index contributed by atoms with van der Waals surface area (Å²) in [6.07, 6.45) is 4.44. The molecule has 1 rings (SSSR count). The Morgan fingerprint density at radius 2 is 2.00 bits per heavy atom. The molecule has 1 aliphatic carbocycles. The first-order valence-corrected chi connectivity index (χ1v) is 4.05. The van der Waals surface area contributed by atoms with E-state index in [4.69, 9.17) is 0 Å². The average molecular weight is 140 g/mol. The molecule has 0 aliphatic heterocycles. The van der Waals surface area contributed by atoms with Crippen LogP contribution in [0.15, 0.2) is 12.2 Å². The van der Waals surface area contributed by atoms with Gasteiger partial charge in [-0.3, -0.25) is 0 Å². The second kappa shape index (κ2) is 3.20. The lowest BCUT2D eigenvalue weighted by molar-refractivity contribution is 0.0877. The number of aliphatic hydroxyl groups is 1. The average Bonchev–Trinajstić information content (AvgIpc) is 1.88. The van der Waals surface area contributed by atoms with E-state index in [0.717, 1.165) is 18.4 Å². The van der Waals surface area contributed by atoms with Gasteiger partial charge in [0.05, 0.1) is 6.10 Å². The molecule has 0 spiro atoms. The Morgan fingerprint density at radius 3 is 2.40 bits per heavy atom. The van der Waals surface area contributed by atoms with Crippen LogP contribution in [0.5, 0.6) is 0 Å². The van der Waals surface area contributed by atoms with Gasteiger partial charge in [-0.2, -0.15) is 0 Å². The first-order valence-electron chi connectivity index (χ1n) is 4.05. The lowest BCUT2D eigenvalue weighted by atomic mass is 9.83. The van der Waals surface area contributed by atoms with Crippen LogP contribution in [0, 0.1) is 5.92 Å². The quantitative estimate of drug-likeness (QED) is 0.553. The predicted octanol–water partition coefficient (Wildman–Crippen LogP) is 2.11. The maximum atomic E-state index is 9.48. The molecule has 10 heavy (non-hydrogen) atoms. The van der Waals surface area contributed by atoms with Crippen molar-refractivity contribution in [2.24, 2.45) is 5.92 Å². The molecule has 0 amide bonds. The van der Waals surface area contributed by atoms with Crippen molar-refractivity contribution in [3.05, 3.63) is 12.2 Å². The van der Waals surface area contributed by atoms with Gasteiger partial charge in [-0.05, 0) is 19.8 Å². The first kappa shape index (κ1) is 7.80. The highest BCUT2D eigenvalue weighted by Crippen LogP contribution is 2.28. The van der Waals surface area contributed by atoms with Crippen molar-refractivity contribution in [2.75, 3.05) is 0 Å². The van der Waals surface area contributed by atoms with Crippen molar-refractivity contribution in [2.45, 2.75) is 38.7 Å². The Balaban J connectivity index is 2.47. The number of hydrogen-bond acceptors (Lipinski definition) is 1. The third-order valence-electron chi connectivity index (χ3n) is 2.36. The second-order valence-corrected chi connectivity index (χ2v) is 3.30. The van der Waals surface area contributed by atoms with E-state index in [1.807, 2.05) is 6.92 Å². The molecule has 1 fully saturated rings. The molecule has 1 saturated carbocycles. The fraction of sp³-hybridized carbons (Fsp3) is 0.778. The molecular weight excluding hydrogens is 124 g/mol. The van der Waals surface area contributed by atoms with Crippen molar-refractivity contribution in [1.82, 2.24) is 0 Å². The van der Waals surface area contributed by atoms with Crippen LogP contribution < -0.4 is 0 Å². The summed E-state index contributed by atoms with van der Waals surface area (Å²) in [5, 5.41) is 9.48. The highest BCUT2D eigenvalue weighted by Gasteiger charge is 2.22. The molecule has 2 unspecified atom stereocenters. The van der Waals surface area contributed by atoms with Crippen LogP contribution in [0.2, 0.25) is 0 Å². The van der Waals surface area contributed by atoms with Crippen LogP contribution in [0.1, 0.15) is 32.6 Å². The highest BCUT2D eigenvalue weighted by atomic mass is 16.3. The zero-order valence-corrected chi connectivity index (χ0v) is 6.64. The molecule has 0 saturated heterocycles. The Bertz CT molecular complexity index is 129. The smallest absolute Gasteiger partial charge is 0.0605 e. The van der Waals surface area contributed by atoms with E-state index in [2.05, 4.69) is 6.58 Å². The molecule has 1 aliphatic rings. The van der Waals surface area contributed by atoms with Crippen LogP contribution >= 0.6 is 0 Å². The van der Waals surface area contributed by atoms with Gasteiger partial charge in [0.1, 0.15) is 0 Å². The Hall–Kier alpha value is -0.300. The summed E-state index contributed by atoms with van der Waals surface area (Å²) in [4.78, 5) is 0. The van der Waals surface area contributed by atoms with Crippen molar-refractivity contribution in [3.8, 4) is 0 Å². The van der Waals surface area contributed by atoms with E-state index in [-0.39, 0.29) is 6.10 Å². The summed E-state index contributed by atoms with van der Waals surface area (Å²) in [5.41, 5.74) is 1.15. The molecule has 0 aromatic heterocycles. The molecule has 2 atom stereocenters. The standard InChI is InChI=1S/C9H16O/c1-7(2)8-5-3-4-6-9(8)10/h8-10H,1,3-6H2,2H3. The van der Waals surface area contributed by atoms with Gasteiger partial charge < -0.3 is 5.11 Å². The Kier molecular flexibility index (Phi) is 2.50. The van der Waals surface area contributed by atoms with Gasteiger partial charge in [-0.25, -0.2) is 0 Å². The summed E-state index contributed by atoms with van der Waals surface area (Å²) in [6, 6.07) is 0. The van der Waals surface area contributed by atoms with E-state index in [0.29, 0.717) is 5.92 Å². The van der Waals surface area contributed by atoms with Crippen molar-refractivity contribution < 1.29 is 5.11 Å². The summed E-state index contributed by atoms with van der Waals surface area (Å²) in [7, 11) is 0. The third-order valence-corrected chi connectivity index (χ3v) is 2.36. The van der Waals surface area contributed by atoms with Gasteiger partial charge in [0.15, 0.2) is 0 Å². The van der Waals surface area contributed by atoms with Crippen molar-refractivity contribution in [1.29, 1.82) is 0 Å². The summed E-state index contributed by atoms with van der Waals surface area (Å²) >= 11 is 0. The third kappa shape index (κ3) is 1.60. The molecule has 1 nitrogen and oxygen atoms in total. The van der Waals surface area contributed by atoms with Crippen molar-refractivity contribution in [3.63, 3.8) is 0 Å². The maximum absolute atomic E-state index is 9.48. The SMILES string of the molecule is C=C(C)C1CCCCC1O. The van der Waals surface area contributed by atoms with Gasteiger partial charge in [-0.15, -0.1) is 0 Å². The summed E-state index contributed by atoms with van der Waals surface area (Å²) in [6.45, 7) is 5.88. The second-order valence-electron chi connectivity index (χ2n) is 3.30. The molecular formula is C9H16O. The highest BCUT2D eigenvalue weighted by molar-refractivity contribution is 5.00. The van der Waals surface area contributed by atoms with Crippen molar-refractivity contribution >= 4 is 0 Å². The lowest BCUT2D eigenvalue weighted by Gasteiger charge is -2.27. The van der Waals surface area contributed by atoms with E-state index in [9.17, 15) is 5.11 Å². The zero-order valence-electron chi connectivity index (χ0n) is 6.64. The number of hydrogen-bond donors (Lipinski definition) is 1. The Morgan fingerprint density at radius 1 is 1.40 bits per heavy atom. The minimum absolute atomic E-state index is 0.105. The van der Waals surface area contributed by atoms with Gasteiger partial charge in [0.2, 0.25) is 0 Å². The summed E-state index contributed by atoms with van der Waals surface area (Å²) < 4.78 is 0. The van der Waals surface area contributed by atoms with Crippen LogP contribution in [0.25, 0.3) is 0 Å². The molecule has 1 heteroatoms. The monoisotopic (exact) mass is 140 g/mol. The van der Waals surface area contributed by atoms with Crippen LogP contribution in [-0.4, -0.2) is 11.2 Å². The van der Waals surface area contributed by atoms with Gasteiger partial charge >= 0.3 is 0 Å². The predicted molar refractivity (Wildman–Crippen MR) is 42.8 cm³/mol. The van der Waals surface area contributed by atoms with E-state index >= 15 is 0 Å². The van der Waals surface area contributed by atoms with Crippen LogP contribution in [0.4, 0.5) is 0 Å². The largest absolute Gasteiger partial charge is 0.393 e. The van der Waals surface area contributed by atoms with Gasteiger partial charge in [0, 0.05) is 5.92 Å². The zero-order chi connectivity index (χ0) is 7.56. The fourth-order valence-electron chi connectivity index (χ4n) is 1.69. The van der Waals surface area contributed by atoms with E-state index < -0.39 is 0 Å². The molecule has 0 bridgehead atoms. The fourth-order valence-corrected chi connectivity index (χ4v) is 1.69. The lowest BCUT2D eigenvalue weighted by Crippen LogP contribution is -2.24. The van der Waals surface area contributed by atoms with Crippen LogP contribution in [0.3, 0.4) is 0 Å². The minimum atomic E-state index is -0.105. The molecule has 1 N–H and O–H groups in total. The van der Waals surface area contributed by atoms with Gasteiger partial charge in [-0.1, -0.05) is 25.0 Å².